The van der Waals surface area contributed by atoms with Crippen LogP contribution in [0.5, 0.6) is 0 Å². The number of sulfonamides is 1. The number of pyridine rings is 1. The van der Waals surface area contributed by atoms with Gasteiger partial charge in [0.2, 0.25) is 10.0 Å². The van der Waals surface area contributed by atoms with Crippen molar-refractivity contribution >= 4 is 42.8 Å². The highest BCUT2D eigenvalue weighted by Crippen LogP contribution is 2.30. The third-order valence-electron chi connectivity index (χ3n) is 4.05. The van der Waals surface area contributed by atoms with E-state index in [2.05, 4.69) is 9.71 Å². The molecule has 0 spiro atoms. The highest BCUT2D eigenvalue weighted by atomic mass is 35.5. The Morgan fingerprint density at radius 1 is 1.07 bits per heavy atom. The van der Waals surface area contributed by atoms with Gasteiger partial charge in [-0.05, 0) is 42.8 Å². The Balaban J connectivity index is 1.95. The molecular weight excluding hydrogens is 440 g/mol. The molecule has 1 aromatic carbocycles. The average Bonchev–Trinajstić information content (AvgIpc) is 3.10. The van der Waals surface area contributed by atoms with E-state index >= 15 is 0 Å². The lowest BCUT2D eigenvalue weighted by Crippen LogP contribution is -2.31. The molecule has 0 radical (unpaired) electrons. The molecule has 3 rings (SSSR count). The van der Waals surface area contributed by atoms with Crippen LogP contribution in [0, 0.1) is 6.92 Å². The van der Waals surface area contributed by atoms with E-state index in [4.69, 9.17) is 11.6 Å². The van der Waals surface area contributed by atoms with Gasteiger partial charge in [0, 0.05) is 18.9 Å². The molecule has 2 heterocycles. The van der Waals surface area contributed by atoms with Crippen LogP contribution in [-0.4, -0.2) is 28.4 Å². The van der Waals surface area contributed by atoms with Crippen molar-refractivity contribution in [3.8, 4) is 0 Å². The Hall–Kier alpha value is -1.78. The first-order chi connectivity index (χ1) is 13.2. The van der Waals surface area contributed by atoms with Gasteiger partial charge in [-0.1, -0.05) is 35.4 Å². The van der Waals surface area contributed by atoms with Crippen LogP contribution in [-0.2, 0) is 19.9 Å². The molecule has 0 bridgehead atoms. The van der Waals surface area contributed by atoms with Crippen LogP contribution in [0.15, 0.2) is 70.0 Å². The van der Waals surface area contributed by atoms with Gasteiger partial charge >= 0.3 is 0 Å². The number of aromatic nitrogens is 1. The van der Waals surface area contributed by atoms with Crippen molar-refractivity contribution in [3.05, 3.63) is 76.4 Å². The first-order valence-corrected chi connectivity index (χ1v) is 12.4. The van der Waals surface area contributed by atoms with Crippen molar-refractivity contribution in [1.29, 1.82) is 0 Å². The second-order valence-corrected chi connectivity index (χ2v) is 11.9. The predicted octanol–water partition coefficient (Wildman–Crippen LogP) is 3.60. The lowest BCUT2D eigenvalue weighted by Gasteiger charge is -2.18. The van der Waals surface area contributed by atoms with Gasteiger partial charge in [0.05, 0.1) is 9.23 Å². The molecule has 0 aliphatic rings. The second-order valence-electron chi connectivity index (χ2n) is 6.04. The van der Waals surface area contributed by atoms with E-state index in [1.807, 2.05) is 6.92 Å². The van der Waals surface area contributed by atoms with Crippen LogP contribution in [0.25, 0.3) is 0 Å². The minimum Gasteiger partial charge on any atom is -0.264 e. The number of hydrogen-bond donors (Lipinski definition) is 1. The number of aryl methyl sites for hydroxylation is 1. The summed E-state index contributed by atoms with van der Waals surface area (Å²) in [7, 11) is -7.75. The van der Waals surface area contributed by atoms with Crippen LogP contribution in [0.4, 0.5) is 0 Å². The standard InChI is InChI=1S/C18H17ClN2O4S3/c1-13-4-6-15(7-5-13)27(22,23)16(14-3-2-10-20-11-14)12-21-28(24,25)18-9-8-17(19)26-18/h2-11,16,21H,12H2,1H3/t16-/m0/s1. The van der Waals surface area contributed by atoms with E-state index in [0.717, 1.165) is 16.9 Å². The minimum absolute atomic E-state index is 0.0233. The predicted molar refractivity (Wildman–Crippen MR) is 110 cm³/mol. The Labute approximate surface area is 173 Å². The van der Waals surface area contributed by atoms with Crippen molar-refractivity contribution in [3.63, 3.8) is 0 Å². The van der Waals surface area contributed by atoms with Crippen LogP contribution < -0.4 is 4.72 Å². The molecule has 6 nitrogen and oxygen atoms in total. The van der Waals surface area contributed by atoms with E-state index in [0.29, 0.717) is 9.90 Å². The van der Waals surface area contributed by atoms with Crippen molar-refractivity contribution < 1.29 is 16.8 Å². The summed E-state index contributed by atoms with van der Waals surface area (Å²) in [4.78, 5) is 4.09. The molecule has 2 aromatic heterocycles. The Bertz CT molecular complexity index is 1160. The molecule has 10 heteroatoms. The summed E-state index contributed by atoms with van der Waals surface area (Å²) in [6.07, 6.45) is 2.95. The minimum atomic E-state index is -3.89. The lowest BCUT2D eigenvalue weighted by atomic mass is 10.2. The SMILES string of the molecule is Cc1ccc(S(=O)(=O)[C@@H](CNS(=O)(=O)c2ccc(Cl)s2)c2cccnc2)cc1. The Kier molecular flexibility index (Phi) is 6.21. The maximum atomic E-state index is 13.2. The summed E-state index contributed by atoms with van der Waals surface area (Å²) < 4.78 is 54.2. The van der Waals surface area contributed by atoms with Crippen molar-refractivity contribution in [2.45, 2.75) is 21.3 Å². The molecule has 0 saturated carbocycles. The number of nitrogens with zero attached hydrogens (tertiary/aromatic N) is 1. The van der Waals surface area contributed by atoms with E-state index in [-0.39, 0.29) is 15.6 Å². The van der Waals surface area contributed by atoms with E-state index in [1.165, 1.54) is 36.7 Å². The molecule has 148 valence electrons. The molecule has 1 atom stereocenters. The second kappa shape index (κ2) is 8.30. The van der Waals surface area contributed by atoms with Crippen molar-refractivity contribution in [2.24, 2.45) is 0 Å². The molecule has 0 aliphatic carbocycles. The summed E-state index contributed by atoms with van der Waals surface area (Å²) in [5.74, 6) is 0. The summed E-state index contributed by atoms with van der Waals surface area (Å²) in [6.45, 7) is 1.52. The molecule has 0 saturated heterocycles. The molecule has 3 aromatic rings. The van der Waals surface area contributed by atoms with Crippen LogP contribution in [0.3, 0.4) is 0 Å². The molecule has 0 amide bonds. The molecule has 0 fully saturated rings. The van der Waals surface area contributed by atoms with Gasteiger partial charge in [0.25, 0.3) is 0 Å². The fourth-order valence-electron chi connectivity index (χ4n) is 2.56. The number of sulfone groups is 1. The van der Waals surface area contributed by atoms with Crippen LogP contribution >= 0.6 is 22.9 Å². The normalized spacial score (nSPS) is 13.4. The van der Waals surface area contributed by atoms with Gasteiger partial charge in [-0.3, -0.25) is 4.98 Å². The van der Waals surface area contributed by atoms with E-state index < -0.39 is 25.1 Å². The number of rotatable bonds is 7. The maximum Gasteiger partial charge on any atom is 0.250 e. The quantitative estimate of drug-likeness (QED) is 0.586. The lowest BCUT2D eigenvalue weighted by molar-refractivity contribution is 0.569. The van der Waals surface area contributed by atoms with Gasteiger partial charge < -0.3 is 0 Å². The maximum absolute atomic E-state index is 13.2. The highest BCUT2D eigenvalue weighted by molar-refractivity contribution is 7.92. The smallest absolute Gasteiger partial charge is 0.250 e. The van der Waals surface area contributed by atoms with Gasteiger partial charge in [-0.2, -0.15) is 0 Å². The molecule has 1 N–H and O–H groups in total. The Morgan fingerprint density at radius 3 is 2.36 bits per heavy atom. The van der Waals surface area contributed by atoms with Gasteiger partial charge in [0.1, 0.15) is 9.46 Å². The van der Waals surface area contributed by atoms with Gasteiger partial charge in [0.15, 0.2) is 9.84 Å². The molecular formula is C18H17ClN2O4S3. The highest BCUT2D eigenvalue weighted by Gasteiger charge is 2.31. The zero-order chi connectivity index (χ0) is 20.4. The van der Waals surface area contributed by atoms with Gasteiger partial charge in [-0.25, -0.2) is 21.6 Å². The first kappa shape index (κ1) is 20.9. The summed E-state index contributed by atoms with van der Waals surface area (Å²) in [6, 6.07) is 12.5. The largest absolute Gasteiger partial charge is 0.264 e. The fraction of sp³-hybridized carbons (Fsp3) is 0.167. The third kappa shape index (κ3) is 4.61. The number of nitrogens with one attached hydrogen (secondary N) is 1. The molecule has 28 heavy (non-hydrogen) atoms. The molecule has 0 unspecified atom stereocenters. The fourth-order valence-corrected chi connectivity index (χ4v) is 6.89. The number of halogens is 1. The number of hydrogen-bond acceptors (Lipinski definition) is 6. The number of thiophene rings is 1. The third-order valence-corrected chi connectivity index (χ3v) is 9.32. The average molecular weight is 457 g/mol. The molecule has 0 aliphatic heterocycles. The zero-order valence-corrected chi connectivity index (χ0v) is 17.9. The Morgan fingerprint density at radius 2 is 1.79 bits per heavy atom. The van der Waals surface area contributed by atoms with Crippen molar-refractivity contribution in [1.82, 2.24) is 9.71 Å². The van der Waals surface area contributed by atoms with Crippen molar-refractivity contribution in [2.75, 3.05) is 6.54 Å². The topological polar surface area (TPSA) is 93.2 Å². The summed E-state index contributed by atoms with van der Waals surface area (Å²) in [5.41, 5.74) is 1.32. The van der Waals surface area contributed by atoms with E-state index in [9.17, 15) is 16.8 Å². The zero-order valence-electron chi connectivity index (χ0n) is 14.7. The van der Waals surface area contributed by atoms with E-state index in [1.54, 1.807) is 24.3 Å². The van der Waals surface area contributed by atoms with Crippen LogP contribution in [0.1, 0.15) is 16.4 Å². The summed E-state index contributed by atoms with van der Waals surface area (Å²) in [5, 5.41) is -1.13. The monoisotopic (exact) mass is 456 g/mol. The number of benzene rings is 1. The van der Waals surface area contributed by atoms with Crippen LogP contribution in [0.2, 0.25) is 4.34 Å². The summed E-state index contributed by atoms with van der Waals surface area (Å²) >= 11 is 6.71. The van der Waals surface area contributed by atoms with Gasteiger partial charge in [-0.15, -0.1) is 11.3 Å². The first-order valence-electron chi connectivity index (χ1n) is 8.15.